The average Bonchev–Trinajstić information content (AvgIpc) is 2.18. The van der Waals surface area contributed by atoms with E-state index in [1.165, 1.54) is 0 Å². The highest BCUT2D eigenvalue weighted by atomic mass is 35.5. The molecule has 0 aliphatic heterocycles. The molecule has 2 rings (SSSR count). The lowest BCUT2D eigenvalue weighted by atomic mass is 9.89. The molecule has 1 aromatic carbocycles. The van der Waals surface area contributed by atoms with E-state index in [0.29, 0.717) is 5.02 Å². The minimum Gasteiger partial charge on any atom is -0.496 e. The van der Waals surface area contributed by atoms with Crippen molar-refractivity contribution in [2.45, 2.75) is 25.4 Å². The summed E-state index contributed by atoms with van der Waals surface area (Å²) < 4.78 is 5.25. The first-order chi connectivity index (χ1) is 6.74. The number of rotatable bonds is 1. The van der Waals surface area contributed by atoms with Gasteiger partial charge in [0.05, 0.1) is 13.2 Å². The van der Waals surface area contributed by atoms with Gasteiger partial charge < -0.3 is 9.84 Å². The molecule has 0 saturated carbocycles. The van der Waals surface area contributed by atoms with Crippen LogP contribution >= 0.6 is 11.6 Å². The van der Waals surface area contributed by atoms with Crippen LogP contribution in [0.2, 0.25) is 5.02 Å². The fourth-order valence-electron chi connectivity index (χ4n) is 2.04. The molecule has 1 aliphatic carbocycles. The highest BCUT2D eigenvalue weighted by Gasteiger charge is 2.23. The number of aliphatic hydroxyl groups is 1. The van der Waals surface area contributed by atoms with E-state index in [4.69, 9.17) is 16.3 Å². The molecular formula is C11H13ClO2. The van der Waals surface area contributed by atoms with Crippen LogP contribution in [0.3, 0.4) is 0 Å². The predicted octanol–water partition coefficient (Wildman–Crippen LogP) is 2.72. The lowest BCUT2D eigenvalue weighted by molar-refractivity contribution is 0.155. The van der Waals surface area contributed by atoms with E-state index in [9.17, 15) is 5.11 Å². The average molecular weight is 213 g/mol. The number of hydrogen-bond donors (Lipinski definition) is 1. The Balaban J connectivity index is 2.57. The van der Waals surface area contributed by atoms with Crippen molar-refractivity contribution in [2.75, 3.05) is 7.11 Å². The lowest BCUT2D eigenvalue weighted by Crippen LogP contribution is -2.11. The zero-order chi connectivity index (χ0) is 10.1. The summed E-state index contributed by atoms with van der Waals surface area (Å²) in [6.07, 6.45) is 2.29. The minimum atomic E-state index is -0.429. The Hall–Kier alpha value is -0.730. The van der Waals surface area contributed by atoms with E-state index >= 15 is 0 Å². The van der Waals surface area contributed by atoms with Gasteiger partial charge in [-0.3, -0.25) is 0 Å². The van der Waals surface area contributed by atoms with Gasteiger partial charge in [-0.15, -0.1) is 0 Å². The van der Waals surface area contributed by atoms with Crippen LogP contribution < -0.4 is 4.74 Å². The quantitative estimate of drug-likeness (QED) is 0.776. The standard InChI is InChI=1S/C11H13ClO2/c1-14-10-6-5-8(12)11-7(10)3-2-4-9(11)13/h5-6,9,13H,2-4H2,1H3/t9-/m0/s1. The molecule has 0 amide bonds. The van der Waals surface area contributed by atoms with E-state index in [-0.39, 0.29) is 0 Å². The molecule has 76 valence electrons. The molecule has 0 saturated heterocycles. The van der Waals surface area contributed by atoms with E-state index in [2.05, 4.69) is 0 Å². The van der Waals surface area contributed by atoms with Gasteiger partial charge in [0.2, 0.25) is 0 Å². The fourth-order valence-corrected chi connectivity index (χ4v) is 2.35. The molecule has 1 aromatic rings. The highest BCUT2D eigenvalue weighted by molar-refractivity contribution is 6.31. The van der Waals surface area contributed by atoms with Crippen LogP contribution in [-0.2, 0) is 6.42 Å². The van der Waals surface area contributed by atoms with E-state index in [1.54, 1.807) is 13.2 Å². The number of methoxy groups -OCH3 is 1. The second kappa shape index (κ2) is 3.79. The largest absolute Gasteiger partial charge is 0.496 e. The van der Waals surface area contributed by atoms with Crippen molar-refractivity contribution in [3.8, 4) is 5.75 Å². The van der Waals surface area contributed by atoms with Gasteiger partial charge in [-0.25, -0.2) is 0 Å². The molecule has 0 bridgehead atoms. The van der Waals surface area contributed by atoms with Gasteiger partial charge in [-0.1, -0.05) is 11.6 Å². The molecule has 0 radical (unpaired) electrons. The molecule has 3 heteroatoms. The molecule has 2 nitrogen and oxygen atoms in total. The maximum absolute atomic E-state index is 9.82. The van der Waals surface area contributed by atoms with E-state index in [1.807, 2.05) is 6.07 Å². The summed E-state index contributed by atoms with van der Waals surface area (Å²) in [4.78, 5) is 0. The highest BCUT2D eigenvalue weighted by Crippen LogP contribution is 2.39. The summed E-state index contributed by atoms with van der Waals surface area (Å²) in [5.74, 6) is 0.836. The second-order valence-corrected chi connectivity index (χ2v) is 3.96. The minimum absolute atomic E-state index is 0.429. The van der Waals surface area contributed by atoms with Crippen LogP contribution in [0.25, 0.3) is 0 Å². The zero-order valence-electron chi connectivity index (χ0n) is 8.09. The molecule has 1 aliphatic rings. The summed E-state index contributed by atoms with van der Waals surface area (Å²) in [6, 6.07) is 3.65. The van der Waals surface area contributed by atoms with Crippen LogP contribution in [-0.4, -0.2) is 12.2 Å². The zero-order valence-corrected chi connectivity index (χ0v) is 8.84. The molecule has 14 heavy (non-hydrogen) atoms. The topological polar surface area (TPSA) is 29.5 Å². The van der Waals surface area contributed by atoms with Gasteiger partial charge >= 0.3 is 0 Å². The van der Waals surface area contributed by atoms with Crippen molar-refractivity contribution in [1.82, 2.24) is 0 Å². The van der Waals surface area contributed by atoms with E-state index in [0.717, 1.165) is 36.1 Å². The van der Waals surface area contributed by atoms with Crippen molar-refractivity contribution in [1.29, 1.82) is 0 Å². The van der Waals surface area contributed by atoms with Crippen molar-refractivity contribution >= 4 is 11.6 Å². The molecule has 0 aromatic heterocycles. The third-order valence-corrected chi connectivity index (χ3v) is 3.05. The lowest BCUT2D eigenvalue weighted by Gasteiger charge is -2.24. The Kier molecular flexibility index (Phi) is 2.66. The van der Waals surface area contributed by atoms with Gasteiger partial charge in [0, 0.05) is 16.1 Å². The van der Waals surface area contributed by atoms with Crippen LogP contribution in [0.5, 0.6) is 5.75 Å². The Labute approximate surface area is 88.5 Å². The third kappa shape index (κ3) is 1.49. The number of ether oxygens (including phenoxy) is 1. The fraction of sp³-hybridized carbons (Fsp3) is 0.455. The summed E-state index contributed by atoms with van der Waals surface area (Å²) in [7, 11) is 1.64. The Morgan fingerprint density at radius 2 is 2.29 bits per heavy atom. The van der Waals surface area contributed by atoms with Gasteiger partial charge in [-0.2, -0.15) is 0 Å². The summed E-state index contributed by atoms with van der Waals surface area (Å²) in [6.45, 7) is 0. The van der Waals surface area contributed by atoms with Gasteiger partial charge in [-0.05, 0) is 31.4 Å². The molecule has 0 spiro atoms. The normalized spacial score (nSPS) is 20.4. The summed E-state index contributed by atoms with van der Waals surface area (Å²) >= 11 is 6.05. The number of benzene rings is 1. The summed E-state index contributed by atoms with van der Waals surface area (Å²) in [5, 5.41) is 10.5. The number of fused-ring (bicyclic) bond motifs is 1. The number of hydrogen-bond acceptors (Lipinski definition) is 2. The van der Waals surface area contributed by atoms with Gasteiger partial charge in [0.1, 0.15) is 5.75 Å². The smallest absolute Gasteiger partial charge is 0.122 e. The van der Waals surface area contributed by atoms with Gasteiger partial charge in [0.15, 0.2) is 0 Å². The Morgan fingerprint density at radius 3 is 3.00 bits per heavy atom. The third-order valence-electron chi connectivity index (χ3n) is 2.72. The predicted molar refractivity (Wildman–Crippen MR) is 55.9 cm³/mol. The van der Waals surface area contributed by atoms with Gasteiger partial charge in [0.25, 0.3) is 0 Å². The number of halogens is 1. The monoisotopic (exact) mass is 212 g/mol. The van der Waals surface area contributed by atoms with Crippen molar-refractivity contribution in [3.63, 3.8) is 0 Å². The van der Waals surface area contributed by atoms with E-state index < -0.39 is 6.10 Å². The SMILES string of the molecule is COc1ccc(Cl)c2c1CCC[C@@H]2O. The van der Waals surface area contributed by atoms with Crippen LogP contribution in [0, 0.1) is 0 Å². The first-order valence-corrected chi connectivity index (χ1v) is 5.15. The maximum Gasteiger partial charge on any atom is 0.122 e. The second-order valence-electron chi connectivity index (χ2n) is 3.55. The summed E-state index contributed by atoms with van der Waals surface area (Å²) in [5.41, 5.74) is 1.93. The molecule has 1 N–H and O–H groups in total. The molecule has 0 heterocycles. The molecule has 0 fully saturated rings. The number of aliphatic hydroxyl groups excluding tert-OH is 1. The molecule has 1 atom stereocenters. The van der Waals surface area contributed by atoms with Crippen LogP contribution in [0.1, 0.15) is 30.1 Å². The molecule has 0 unspecified atom stereocenters. The maximum atomic E-state index is 9.82. The molecular weight excluding hydrogens is 200 g/mol. The van der Waals surface area contributed by atoms with Crippen LogP contribution in [0.4, 0.5) is 0 Å². The Bertz CT molecular complexity index is 349. The Morgan fingerprint density at radius 1 is 1.50 bits per heavy atom. The van der Waals surface area contributed by atoms with Crippen molar-refractivity contribution in [2.24, 2.45) is 0 Å². The first kappa shape index (κ1) is 9.81. The first-order valence-electron chi connectivity index (χ1n) is 4.77. The van der Waals surface area contributed by atoms with Crippen molar-refractivity contribution < 1.29 is 9.84 Å². The van der Waals surface area contributed by atoms with Crippen molar-refractivity contribution in [3.05, 3.63) is 28.3 Å². The van der Waals surface area contributed by atoms with Crippen LogP contribution in [0.15, 0.2) is 12.1 Å².